The second-order valence-corrected chi connectivity index (χ2v) is 8.42. The van der Waals surface area contributed by atoms with Crippen LogP contribution in [-0.4, -0.2) is 65.9 Å². The Labute approximate surface area is 174 Å². The zero-order valence-electron chi connectivity index (χ0n) is 17.2. The van der Waals surface area contributed by atoms with E-state index in [1.807, 2.05) is 38.1 Å². The summed E-state index contributed by atoms with van der Waals surface area (Å²) < 4.78 is 5.22. The van der Waals surface area contributed by atoms with Crippen molar-refractivity contribution < 1.29 is 19.4 Å². The van der Waals surface area contributed by atoms with E-state index in [1.165, 1.54) is 11.3 Å². The fourth-order valence-corrected chi connectivity index (χ4v) is 4.30. The lowest BCUT2D eigenvalue weighted by Gasteiger charge is -2.28. The molecule has 0 fully saturated rings. The number of rotatable bonds is 7. The number of ether oxygens (including phenoxy) is 1. The third-order valence-corrected chi connectivity index (χ3v) is 5.95. The van der Waals surface area contributed by atoms with E-state index in [-0.39, 0.29) is 11.4 Å². The van der Waals surface area contributed by atoms with Crippen LogP contribution in [0.25, 0.3) is 0 Å². The SMILES string of the molecule is COc1ccc([C@H]2C(C(=O)c3sc(C)nc3C)=C(O)C(=O)N2CCN(C)C)cc1. The first kappa shape index (κ1) is 21.0. The molecule has 1 aliphatic heterocycles. The fraction of sp³-hybridized carbons (Fsp3) is 0.381. The van der Waals surface area contributed by atoms with Gasteiger partial charge in [-0.15, -0.1) is 11.3 Å². The highest BCUT2D eigenvalue weighted by molar-refractivity contribution is 7.14. The number of ketones is 1. The van der Waals surface area contributed by atoms with E-state index in [4.69, 9.17) is 4.74 Å². The predicted molar refractivity (Wildman–Crippen MR) is 112 cm³/mol. The number of aliphatic hydroxyl groups excluding tert-OH is 1. The molecule has 154 valence electrons. The van der Waals surface area contributed by atoms with Crippen molar-refractivity contribution in [2.24, 2.45) is 0 Å². The topological polar surface area (TPSA) is 83.0 Å². The van der Waals surface area contributed by atoms with Crippen LogP contribution in [-0.2, 0) is 4.79 Å². The average molecular weight is 416 g/mol. The van der Waals surface area contributed by atoms with Gasteiger partial charge in [-0.2, -0.15) is 0 Å². The molecule has 1 atom stereocenters. The molecule has 2 aromatic rings. The molecule has 0 aliphatic carbocycles. The first-order valence-electron chi connectivity index (χ1n) is 9.26. The van der Waals surface area contributed by atoms with Crippen molar-refractivity contribution in [3.63, 3.8) is 0 Å². The van der Waals surface area contributed by atoms with Gasteiger partial charge in [0.25, 0.3) is 5.91 Å². The molecule has 0 bridgehead atoms. The Hall–Kier alpha value is -2.71. The fourth-order valence-electron chi connectivity index (χ4n) is 3.42. The van der Waals surface area contributed by atoms with E-state index in [9.17, 15) is 14.7 Å². The van der Waals surface area contributed by atoms with E-state index in [1.54, 1.807) is 31.1 Å². The standard InChI is InChI=1S/C21H25N3O4S/c1-12-20(29-13(2)22-12)18(25)16-17(14-6-8-15(28-5)9-7-14)24(11-10-23(3)4)21(27)19(16)26/h6-9,17,26H,10-11H2,1-5H3/t17-/m0/s1. The number of thiazole rings is 1. The maximum absolute atomic E-state index is 13.4. The Kier molecular flexibility index (Phi) is 6.04. The highest BCUT2D eigenvalue weighted by atomic mass is 32.1. The number of benzene rings is 1. The molecule has 0 spiro atoms. The van der Waals surface area contributed by atoms with Gasteiger partial charge in [-0.1, -0.05) is 12.1 Å². The molecule has 7 nitrogen and oxygen atoms in total. The van der Waals surface area contributed by atoms with Crippen LogP contribution in [0.15, 0.2) is 35.6 Å². The van der Waals surface area contributed by atoms with E-state index < -0.39 is 17.7 Å². The van der Waals surface area contributed by atoms with E-state index in [0.717, 1.165) is 10.6 Å². The largest absolute Gasteiger partial charge is 0.503 e. The first-order valence-corrected chi connectivity index (χ1v) is 10.1. The van der Waals surface area contributed by atoms with Gasteiger partial charge < -0.3 is 19.6 Å². The van der Waals surface area contributed by atoms with Crippen LogP contribution in [0.2, 0.25) is 0 Å². The summed E-state index contributed by atoms with van der Waals surface area (Å²) >= 11 is 1.27. The number of carbonyl (C=O) groups excluding carboxylic acids is 2. The summed E-state index contributed by atoms with van der Waals surface area (Å²) in [5.74, 6) is -0.699. The molecule has 0 saturated carbocycles. The van der Waals surface area contributed by atoms with E-state index in [2.05, 4.69) is 4.98 Å². The summed E-state index contributed by atoms with van der Waals surface area (Å²) in [5, 5.41) is 11.4. The van der Waals surface area contributed by atoms with Gasteiger partial charge >= 0.3 is 0 Å². The highest BCUT2D eigenvalue weighted by Gasteiger charge is 2.44. The van der Waals surface area contributed by atoms with E-state index >= 15 is 0 Å². The molecule has 1 aromatic heterocycles. The zero-order chi connectivity index (χ0) is 21.3. The summed E-state index contributed by atoms with van der Waals surface area (Å²) in [6.45, 7) is 4.57. The Morgan fingerprint density at radius 1 is 1.28 bits per heavy atom. The minimum Gasteiger partial charge on any atom is -0.503 e. The Balaban J connectivity index is 2.07. The normalized spacial score (nSPS) is 16.8. The number of carbonyl (C=O) groups is 2. The number of aromatic nitrogens is 1. The Morgan fingerprint density at radius 3 is 2.45 bits per heavy atom. The van der Waals surface area contributed by atoms with Gasteiger partial charge in [-0.25, -0.2) is 4.98 Å². The molecular weight excluding hydrogens is 390 g/mol. The number of hydrogen-bond acceptors (Lipinski definition) is 7. The van der Waals surface area contributed by atoms with Crippen molar-refractivity contribution >= 4 is 23.0 Å². The first-order chi connectivity index (χ1) is 13.7. The molecule has 3 rings (SSSR count). The van der Waals surface area contributed by atoms with E-state index in [0.29, 0.717) is 29.4 Å². The lowest BCUT2D eigenvalue weighted by molar-refractivity contribution is -0.129. The quantitative estimate of drug-likeness (QED) is 0.700. The lowest BCUT2D eigenvalue weighted by atomic mass is 9.95. The van der Waals surface area contributed by atoms with Crippen molar-refractivity contribution in [2.75, 3.05) is 34.3 Å². The van der Waals surface area contributed by atoms with Crippen LogP contribution >= 0.6 is 11.3 Å². The van der Waals surface area contributed by atoms with Crippen molar-refractivity contribution in [3.8, 4) is 5.75 Å². The van der Waals surface area contributed by atoms with Crippen LogP contribution in [0, 0.1) is 13.8 Å². The molecule has 0 unspecified atom stereocenters. The molecule has 8 heteroatoms. The number of aliphatic hydroxyl groups is 1. The Morgan fingerprint density at radius 2 is 1.93 bits per heavy atom. The summed E-state index contributed by atoms with van der Waals surface area (Å²) in [7, 11) is 5.39. The number of likely N-dealkylation sites (N-methyl/N-ethyl adjacent to an activating group) is 1. The number of Topliss-reactive ketones (excluding diaryl/α,β-unsaturated/α-hetero) is 1. The van der Waals surface area contributed by atoms with Crippen molar-refractivity contribution in [1.29, 1.82) is 0 Å². The summed E-state index contributed by atoms with van der Waals surface area (Å²) in [6.07, 6.45) is 0. The van der Waals surface area contributed by atoms with Gasteiger partial charge in [-0.05, 0) is 45.6 Å². The zero-order valence-corrected chi connectivity index (χ0v) is 18.0. The van der Waals surface area contributed by atoms with Crippen LogP contribution in [0.1, 0.15) is 32.0 Å². The van der Waals surface area contributed by atoms with Gasteiger partial charge in [0.2, 0.25) is 5.78 Å². The van der Waals surface area contributed by atoms with Crippen LogP contribution in [0.5, 0.6) is 5.75 Å². The van der Waals surface area contributed by atoms with Crippen LogP contribution in [0.3, 0.4) is 0 Å². The average Bonchev–Trinajstić information content (AvgIpc) is 3.15. The monoisotopic (exact) mass is 415 g/mol. The second kappa shape index (κ2) is 8.34. The number of methoxy groups -OCH3 is 1. The summed E-state index contributed by atoms with van der Waals surface area (Å²) in [6, 6.07) is 6.53. The third-order valence-electron chi connectivity index (χ3n) is 4.88. The maximum atomic E-state index is 13.4. The summed E-state index contributed by atoms with van der Waals surface area (Å²) in [4.78, 5) is 34.5. The molecule has 1 aliphatic rings. The molecule has 0 radical (unpaired) electrons. The molecule has 1 amide bonds. The number of amides is 1. The van der Waals surface area contributed by atoms with Crippen molar-refractivity contribution in [2.45, 2.75) is 19.9 Å². The molecule has 0 saturated heterocycles. The minimum atomic E-state index is -0.664. The number of aryl methyl sites for hydroxylation is 2. The second-order valence-electron chi connectivity index (χ2n) is 7.22. The number of hydrogen-bond donors (Lipinski definition) is 1. The summed E-state index contributed by atoms with van der Waals surface area (Å²) in [5.41, 5.74) is 1.44. The highest BCUT2D eigenvalue weighted by Crippen LogP contribution is 2.40. The van der Waals surface area contributed by atoms with Crippen molar-refractivity contribution in [1.82, 2.24) is 14.8 Å². The molecule has 29 heavy (non-hydrogen) atoms. The molecule has 2 heterocycles. The van der Waals surface area contributed by atoms with Gasteiger partial charge in [-0.3, -0.25) is 9.59 Å². The van der Waals surface area contributed by atoms with Crippen molar-refractivity contribution in [3.05, 3.63) is 56.7 Å². The Bertz CT molecular complexity index is 963. The third kappa shape index (κ3) is 4.04. The van der Waals surface area contributed by atoms with Crippen LogP contribution in [0.4, 0.5) is 0 Å². The smallest absolute Gasteiger partial charge is 0.290 e. The van der Waals surface area contributed by atoms with Crippen LogP contribution < -0.4 is 4.74 Å². The maximum Gasteiger partial charge on any atom is 0.290 e. The van der Waals surface area contributed by atoms with Gasteiger partial charge in [0.05, 0.1) is 34.3 Å². The predicted octanol–water partition coefficient (Wildman–Crippen LogP) is 2.91. The molecule has 1 N–H and O–H groups in total. The molecule has 1 aromatic carbocycles. The van der Waals surface area contributed by atoms with Gasteiger partial charge in [0.15, 0.2) is 5.76 Å². The minimum absolute atomic E-state index is 0.102. The van der Waals surface area contributed by atoms with Gasteiger partial charge in [0.1, 0.15) is 5.75 Å². The number of nitrogens with zero attached hydrogens (tertiary/aromatic N) is 3. The lowest BCUT2D eigenvalue weighted by Crippen LogP contribution is -2.36. The van der Waals surface area contributed by atoms with Gasteiger partial charge in [0, 0.05) is 13.1 Å². The molecular formula is C21H25N3O4S.